The predicted octanol–water partition coefficient (Wildman–Crippen LogP) is 3.84. The van der Waals surface area contributed by atoms with Crippen LogP contribution in [0.1, 0.15) is 18.4 Å². The fraction of sp³-hybridized carbons (Fsp3) is 0.389. The van der Waals surface area contributed by atoms with Crippen molar-refractivity contribution in [1.29, 1.82) is 0 Å². The van der Waals surface area contributed by atoms with Crippen molar-refractivity contribution in [2.45, 2.75) is 24.1 Å². The number of hydrogen-bond acceptors (Lipinski definition) is 2. The molecule has 1 aliphatic carbocycles. The number of rotatable bonds is 4. The van der Waals surface area contributed by atoms with Gasteiger partial charge in [0, 0.05) is 23.4 Å². The summed E-state index contributed by atoms with van der Waals surface area (Å²) in [6.45, 7) is 1.73. The second kappa shape index (κ2) is 6.19. The van der Waals surface area contributed by atoms with Gasteiger partial charge >= 0.3 is 0 Å². The van der Waals surface area contributed by atoms with E-state index in [2.05, 4.69) is 17.4 Å². The van der Waals surface area contributed by atoms with E-state index in [-0.39, 0.29) is 5.41 Å². The van der Waals surface area contributed by atoms with Crippen molar-refractivity contribution >= 4 is 29.5 Å². The molecule has 0 saturated carbocycles. The first-order valence-corrected chi connectivity index (χ1v) is 8.31. The summed E-state index contributed by atoms with van der Waals surface area (Å²) in [5.74, 6) is 0. The van der Waals surface area contributed by atoms with Crippen LogP contribution in [0.15, 0.2) is 53.1 Å². The van der Waals surface area contributed by atoms with Gasteiger partial charge in [-0.1, -0.05) is 48.0 Å². The Labute approximate surface area is 141 Å². The van der Waals surface area contributed by atoms with Crippen molar-refractivity contribution in [2.75, 3.05) is 13.1 Å². The Balaban J connectivity index is 1.98. The Morgan fingerprint density at radius 1 is 1.23 bits per heavy atom. The number of aldehydes is 1. The molecule has 2 aliphatic rings. The zero-order chi connectivity index (χ0) is 15.6. The third kappa shape index (κ3) is 2.64. The lowest BCUT2D eigenvalue weighted by Crippen LogP contribution is -2.48. The van der Waals surface area contributed by atoms with E-state index < -0.39 is 4.87 Å². The fourth-order valence-corrected chi connectivity index (χ4v) is 4.39. The van der Waals surface area contributed by atoms with Gasteiger partial charge in [-0.15, -0.1) is 11.6 Å². The summed E-state index contributed by atoms with van der Waals surface area (Å²) in [7, 11) is 0. The number of benzene rings is 1. The Morgan fingerprint density at radius 3 is 2.64 bits per heavy atom. The molecule has 1 aromatic rings. The molecule has 22 heavy (non-hydrogen) atoms. The quantitative estimate of drug-likeness (QED) is 0.669. The number of carbonyl (C=O) groups is 1. The summed E-state index contributed by atoms with van der Waals surface area (Å²) in [4.78, 5) is 10.5. The highest BCUT2D eigenvalue weighted by Gasteiger charge is 2.54. The molecule has 0 spiro atoms. The van der Waals surface area contributed by atoms with Crippen LogP contribution >= 0.6 is 23.2 Å². The second-order valence-corrected chi connectivity index (χ2v) is 7.27. The second-order valence-electron chi connectivity index (χ2n) is 6.22. The number of allylic oxidation sites excluding steroid dienone is 4. The topological polar surface area (TPSA) is 29.1 Å². The Hall–Kier alpha value is -1.09. The monoisotopic (exact) mass is 335 g/mol. The van der Waals surface area contributed by atoms with Crippen LogP contribution in [0.4, 0.5) is 0 Å². The molecule has 1 fully saturated rings. The molecule has 1 aliphatic heterocycles. The summed E-state index contributed by atoms with van der Waals surface area (Å²) < 4.78 is 0. The Morgan fingerprint density at radius 2 is 2.00 bits per heavy atom. The van der Waals surface area contributed by atoms with Gasteiger partial charge in [0.1, 0.15) is 6.29 Å². The summed E-state index contributed by atoms with van der Waals surface area (Å²) in [6, 6.07) is 10.3. The van der Waals surface area contributed by atoms with E-state index in [1.807, 2.05) is 18.2 Å². The number of halogens is 2. The summed E-state index contributed by atoms with van der Waals surface area (Å²) in [6.07, 6.45) is 6.72. The summed E-state index contributed by atoms with van der Waals surface area (Å²) in [5, 5.41) is 4.07. The van der Waals surface area contributed by atoms with E-state index in [1.165, 1.54) is 5.56 Å². The van der Waals surface area contributed by atoms with E-state index in [1.54, 1.807) is 12.2 Å². The maximum absolute atomic E-state index is 11.2. The van der Waals surface area contributed by atoms with Gasteiger partial charge in [-0.2, -0.15) is 0 Å². The molecule has 2 nitrogen and oxygen atoms in total. The van der Waals surface area contributed by atoms with E-state index in [0.717, 1.165) is 32.2 Å². The van der Waals surface area contributed by atoms with Gasteiger partial charge in [0.15, 0.2) is 0 Å². The highest BCUT2D eigenvalue weighted by atomic mass is 35.5. The summed E-state index contributed by atoms with van der Waals surface area (Å²) in [5.41, 5.74) is 1.77. The van der Waals surface area contributed by atoms with Crippen LogP contribution in [0.5, 0.6) is 0 Å². The average Bonchev–Trinajstić information content (AvgIpc) is 3.01. The van der Waals surface area contributed by atoms with E-state index >= 15 is 0 Å². The van der Waals surface area contributed by atoms with Crippen LogP contribution in [0.25, 0.3) is 0 Å². The van der Waals surface area contributed by atoms with Gasteiger partial charge in [-0.25, -0.2) is 0 Å². The van der Waals surface area contributed by atoms with Crippen molar-refractivity contribution in [3.8, 4) is 0 Å². The van der Waals surface area contributed by atoms with Gasteiger partial charge < -0.3 is 5.32 Å². The molecule has 1 heterocycles. The van der Waals surface area contributed by atoms with Crippen molar-refractivity contribution in [2.24, 2.45) is 5.41 Å². The lowest BCUT2D eigenvalue weighted by molar-refractivity contribution is -0.105. The molecule has 1 N–H and O–H groups in total. The van der Waals surface area contributed by atoms with Crippen LogP contribution in [0.3, 0.4) is 0 Å². The average molecular weight is 336 g/mol. The van der Waals surface area contributed by atoms with Crippen LogP contribution in [-0.4, -0.2) is 24.2 Å². The molecular weight excluding hydrogens is 317 g/mol. The molecular formula is C18H19Cl2NO. The van der Waals surface area contributed by atoms with E-state index in [0.29, 0.717) is 17.0 Å². The molecule has 0 amide bonds. The minimum Gasteiger partial charge on any atom is -0.316 e. The number of hydrogen-bond donors (Lipinski definition) is 1. The van der Waals surface area contributed by atoms with Gasteiger partial charge in [0.05, 0.1) is 4.87 Å². The molecule has 0 radical (unpaired) electrons. The molecule has 0 aromatic heterocycles. The van der Waals surface area contributed by atoms with Gasteiger partial charge in [-0.3, -0.25) is 4.79 Å². The van der Waals surface area contributed by atoms with Crippen LogP contribution < -0.4 is 5.32 Å². The van der Waals surface area contributed by atoms with Gasteiger partial charge in [0.2, 0.25) is 0 Å². The first-order chi connectivity index (χ1) is 10.6. The maximum atomic E-state index is 11.2. The van der Waals surface area contributed by atoms with Gasteiger partial charge in [-0.05, 0) is 36.6 Å². The standard InChI is InChI=1S/C18H19Cl2NO/c19-16-7-6-15(12-22)11-18(16,20)17(8-9-21-13-17)10-14-4-2-1-3-5-14/h1-7,12,21H,8-11,13H2. The first kappa shape index (κ1) is 15.8. The lowest BCUT2D eigenvalue weighted by Gasteiger charge is -2.45. The van der Waals surface area contributed by atoms with Crippen LogP contribution in [0.2, 0.25) is 0 Å². The highest BCUT2D eigenvalue weighted by molar-refractivity contribution is 6.40. The van der Waals surface area contributed by atoms with Crippen LogP contribution in [0, 0.1) is 5.41 Å². The minimum atomic E-state index is -0.723. The zero-order valence-corrected chi connectivity index (χ0v) is 13.8. The highest BCUT2D eigenvalue weighted by Crippen LogP contribution is 2.54. The SMILES string of the molecule is O=CC1=CC=C(Cl)C(Cl)(C2(Cc3ccccc3)CCNC2)C1. The third-order valence-electron chi connectivity index (χ3n) is 4.89. The molecule has 4 heteroatoms. The minimum absolute atomic E-state index is 0.188. The van der Waals surface area contributed by atoms with Crippen molar-refractivity contribution in [3.63, 3.8) is 0 Å². The van der Waals surface area contributed by atoms with Crippen LogP contribution in [-0.2, 0) is 11.2 Å². The Kier molecular flexibility index (Phi) is 4.44. The van der Waals surface area contributed by atoms with E-state index in [9.17, 15) is 4.79 Å². The lowest BCUT2D eigenvalue weighted by atomic mass is 9.66. The molecule has 1 aromatic carbocycles. The normalized spacial score (nSPS) is 31.5. The molecule has 116 valence electrons. The first-order valence-electron chi connectivity index (χ1n) is 7.55. The number of carbonyl (C=O) groups excluding carboxylic acids is 1. The smallest absolute Gasteiger partial charge is 0.146 e. The Bertz CT molecular complexity index is 617. The largest absolute Gasteiger partial charge is 0.316 e. The fourth-order valence-electron chi connectivity index (χ4n) is 3.62. The predicted molar refractivity (Wildman–Crippen MR) is 91.3 cm³/mol. The number of alkyl halides is 1. The zero-order valence-electron chi connectivity index (χ0n) is 12.3. The molecule has 3 rings (SSSR count). The maximum Gasteiger partial charge on any atom is 0.146 e. The third-order valence-corrected chi connectivity index (χ3v) is 6.17. The molecule has 1 saturated heterocycles. The number of nitrogens with one attached hydrogen (secondary N) is 1. The van der Waals surface area contributed by atoms with Crippen molar-refractivity contribution in [1.82, 2.24) is 5.32 Å². The van der Waals surface area contributed by atoms with Gasteiger partial charge in [0.25, 0.3) is 0 Å². The van der Waals surface area contributed by atoms with Crippen molar-refractivity contribution < 1.29 is 4.79 Å². The summed E-state index contributed by atoms with van der Waals surface area (Å²) >= 11 is 13.6. The van der Waals surface area contributed by atoms with Crippen molar-refractivity contribution in [3.05, 3.63) is 58.7 Å². The molecule has 2 atom stereocenters. The van der Waals surface area contributed by atoms with E-state index in [4.69, 9.17) is 23.2 Å². The molecule has 2 unspecified atom stereocenters. The molecule has 0 bridgehead atoms.